The van der Waals surface area contributed by atoms with Gasteiger partial charge >= 0.3 is 0 Å². The smallest absolute Gasteiger partial charge is 0.289 e. The Labute approximate surface area is 274 Å². The molecule has 7 rings (SSSR count). The Morgan fingerprint density at radius 3 is 2.51 bits per heavy atom. The number of halogens is 2. The number of aliphatic hydroxyl groups excluding tert-OH is 1. The van der Waals surface area contributed by atoms with Crippen molar-refractivity contribution in [1.82, 2.24) is 9.80 Å². The Morgan fingerprint density at radius 1 is 1.00 bits per heavy atom. The summed E-state index contributed by atoms with van der Waals surface area (Å²) in [6.45, 7) is 6.92. The van der Waals surface area contributed by atoms with E-state index in [0.29, 0.717) is 76.2 Å². The molecule has 3 aliphatic carbocycles. The summed E-state index contributed by atoms with van der Waals surface area (Å²) in [4.78, 5) is 30.9. The van der Waals surface area contributed by atoms with E-state index in [4.69, 9.17) is 4.42 Å². The number of benzene rings is 2. The van der Waals surface area contributed by atoms with Crippen LogP contribution in [0, 0.1) is 17.0 Å². The number of nitrogens with zero attached hydrogens (tertiary/aromatic N) is 2. The molecule has 0 spiro atoms. The van der Waals surface area contributed by atoms with E-state index in [9.17, 15) is 28.6 Å². The molecule has 4 atom stereocenters. The molecule has 4 unspecified atom stereocenters. The number of piperazine rings is 1. The zero-order valence-electron chi connectivity index (χ0n) is 27.2. The maximum atomic E-state index is 14.3. The normalized spacial score (nSPS) is 27.3. The van der Waals surface area contributed by atoms with Crippen molar-refractivity contribution in [2.75, 3.05) is 32.7 Å². The molecule has 2 N–H and O–H groups in total. The maximum Gasteiger partial charge on any atom is 0.289 e. The monoisotopic (exact) mass is 646 g/mol. The minimum absolute atomic E-state index is 0.0550. The van der Waals surface area contributed by atoms with E-state index in [-0.39, 0.29) is 17.4 Å². The van der Waals surface area contributed by atoms with Gasteiger partial charge in [-0.05, 0) is 105 Å². The summed E-state index contributed by atoms with van der Waals surface area (Å²) < 4.78 is 33.4. The first kappa shape index (κ1) is 33.2. The number of furan rings is 1. The van der Waals surface area contributed by atoms with Crippen LogP contribution >= 0.6 is 0 Å². The molecule has 1 aromatic heterocycles. The van der Waals surface area contributed by atoms with Crippen LogP contribution in [-0.2, 0) is 6.42 Å². The molecule has 4 aliphatic rings. The Kier molecular flexibility index (Phi) is 9.52. The van der Waals surface area contributed by atoms with Crippen molar-refractivity contribution >= 4 is 11.7 Å². The van der Waals surface area contributed by atoms with Crippen LogP contribution in [0.3, 0.4) is 0 Å². The second kappa shape index (κ2) is 13.5. The lowest BCUT2D eigenvalue weighted by molar-refractivity contribution is -0.0876. The van der Waals surface area contributed by atoms with Crippen LogP contribution in [0.25, 0.3) is 0 Å². The summed E-state index contributed by atoms with van der Waals surface area (Å²) >= 11 is 0. The number of β-amino-alcohol motifs (C(OH)–C–C–N with tert-alkyl or cyclic N) is 1. The van der Waals surface area contributed by atoms with Gasteiger partial charge in [-0.15, -0.1) is 0 Å². The molecule has 1 aliphatic heterocycles. The molecule has 2 bridgehead atoms. The minimum atomic E-state index is -1.08. The van der Waals surface area contributed by atoms with E-state index in [2.05, 4.69) is 24.8 Å². The Balaban J connectivity index is 1.33. The second-order valence-corrected chi connectivity index (χ2v) is 14.0. The lowest BCUT2D eigenvalue weighted by atomic mass is 9.64. The van der Waals surface area contributed by atoms with Gasteiger partial charge in [0.15, 0.2) is 23.2 Å². The fourth-order valence-electron chi connectivity index (χ4n) is 8.02. The van der Waals surface area contributed by atoms with Gasteiger partial charge < -0.3 is 19.5 Å². The molecule has 1 saturated heterocycles. The molecule has 2 fully saturated rings. The molecule has 1 saturated carbocycles. The summed E-state index contributed by atoms with van der Waals surface area (Å²) in [5.41, 5.74) is 1.52. The highest BCUT2D eigenvalue weighted by molar-refractivity contribution is 6.10. The van der Waals surface area contributed by atoms with Gasteiger partial charge in [0.25, 0.3) is 5.91 Å². The lowest BCUT2D eigenvalue weighted by Gasteiger charge is -2.47. The number of hydrogen-bond donors (Lipinski definition) is 2. The highest BCUT2D eigenvalue weighted by Gasteiger charge is 2.57. The summed E-state index contributed by atoms with van der Waals surface area (Å²) in [6, 6.07) is 12.3. The third-order valence-corrected chi connectivity index (χ3v) is 11.0. The fourth-order valence-corrected chi connectivity index (χ4v) is 8.02. The number of rotatable bonds is 5. The summed E-state index contributed by atoms with van der Waals surface area (Å²) in [6.07, 6.45) is 7.37. The molecule has 7 nitrogen and oxygen atoms in total. The second-order valence-electron chi connectivity index (χ2n) is 14.0. The molecule has 2 aromatic carbocycles. The van der Waals surface area contributed by atoms with Gasteiger partial charge in [-0.1, -0.05) is 30.7 Å². The van der Waals surface area contributed by atoms with Crippen molar-refractivity contribution in [3.8, 4) is 0 Å². The summed E-state index contributed by atoms with van der Waals surface area (Å²) in [7, 11) is 0. The van der Waals surface area contributed by atoms with Crippen LogP contribution in [0.5, 0.6) is 0 Å². The largest absolute Gasteiger partial charge is 0.459 e. The van der Waals surface area contributed by atoms with Crippen LogP contribution in [-0.4, -0.2) is 76.1 Å². The quantitative estimate of drug-likeness (QED) is 0.250. The zero-order chi connectivity index (χ0) is 33.3. The average Bonchev–Trinajstić information content (AvgIpc) is 3.68. The van der Waals surface area contributed by atoms with Gasteiger partial charge in [-0.3, -0.25) is 14.5 Å². The van der Waals surface area contributed by atoms with Crippen LogP contribution < -0.4 is 0 Å². The van der Waals surface area contributed by atoms with Crippen molar-refractivity contribution < 1.29 is 33.0 Å². The number of fused-ring (bicyclic) bond motifs is 8. The number of aliphatic hydroxyl groups is 2. The van der Waals surface area contributed by atoms with E-state index >= 15 is 0 Å². The minimum Gasteiger partial charge on any atom is -0.459 e. The Morgan fingerprint density at radius 2 is 1.79 bits per heavy atom. The SMILES string of the molecule is CC1=CCCC2(C)C(CCC2(O)CN2CCN(C(=O)c3ccco3)CC2)c2ccc(cc2C(=O)c2ccc(F)c(F)c2)CC(O)CC1. The third-order valence-electron chi connectivity index (χ3n) is 11.0. The van der Waals surface area contributed by atoms with E-state index in [0.717, 1.165) is 36.1 Å². The van der Waals surface area contributed by atoms with Crippen LogP contribution in [0.2, 0.25) is 0 Å². The molecule has 1 amide bonds. The zero-order valence-corrected chi connectivity index (χ0v) is 27.2. The molecular weight excluding hydrogens is 602 g/mol. The number of carbonyl (C=O) groups excluding carboxylic acids is 2. The number of ketones is 1. The average molecular weight is 647 g/mol. The van der Waals surface area contributed by atoms with Crippen LogP contribution in [0.4, 0.5) is 8.78 Å². The van der Waals surface area contributed by atoms with Gasteiger partial charge in [0, 0.05) is 49.3 Å². The van der Waals surface area contributed by atoms with Gasteiger partial charge in [-0.2, -0.15) is 0 Å². The lowest BCUT2D eigenvalue weighted by Crippen LogP contribution is -2.57. The topological polar surface area (TPSA) is 94.2 Å². The van der Waals surface area contributed by atoms with E-state index < -0.39 is 34.5 Å². The first-order valence-electron chi connectivity index (χ1n) is 16.7. The van der Waals surface area contributed by atoms with E-state index in [1.807, 2.05) is 12.1 Å². The standard InChI is InChI=1S/C38H44F2N2O5/c1-25-5-3-14-37(2)31(13-15-38(37,46)24-41-16-18-42(19-17-41)36(45)34-6-4-20-47-34)29-11-8-26(21-28(43)10-7-25)22-30(29)35(44)27-9-12-32(39)33(40)23-27/h4-6,8-9,11-12,20,22-23,28,31,43,46H,3,7,10,13-19,21,24H2,1-2H3. The number of hydrogen-bond acceptors (Lipinski definition) is 6. The van der Waals surface area contributed by atoms with Crippen molar-refractivity contribution in [2.45, 2.75) is 76.4 Å². The van der Waals surface area contributed by atoms with Crippen molar-refractivity contribution in [3.05, 3.63) is 106 Å². The molecule has 47 heavy (non-hydrogen) atoms. The summed E-state index contributed by atoms with van der Waals surface area (Å²) in [5, 5.41) is 23.5. The molecule has 3 aromatic rings. The first-order chi connectivity index (χ1) is 22.5. The Bertz CT molecular complexity index is 1650. The number of allylic oxidation sites excluding steroid dienone is 2. The highest BCUT2D eigenvalue weighted by atomic mass is 19.2. The van der Waals surface area contributed by atoms with Gasteiger partial charge in [0.05, 0.1) is 18.0 Å². The van der Waals surface area contributed by atoms with Crippen LogP contribution in [0.1, 0.15) is 95.9 Å². The third kappa shape index (κ3) is 6.71. The van der Waals surface area contributed by atoms with Crippen molar-refractivity contribution in [3.63, 3.8) is 0 Å². The van der Waals surface area contributed by atoms with Crippen molar-refractivity contribution in [2.24, 2.45) is 5.41 Å². The predicted octanol–water partition coefficient (Wildman–Crippen LogP) is 6.29. The molecule has 2 heterocycles. The van der Waals surface area contributed by atoms with Crippen LogP contribution in [0.15, 0.2) is 70.9 Å². The predicted molar refractivity (Wildman–Crippen MR) is 174 cm³/mol. The molecule has 9 heteroatoms. The van der Waals surface area contributed by atoms with Gasteiger partial charge in [0.1, 0.15) is 0 Å². The van der Waals surface area contributed by atoms with Gasteiger partial charge in [-0.25, -0.2) is 8.78 Å². The maximum absolute atomic E-state index is 14.3. The van der Waals surface area contributed by atoms with Gasteiger partial charge in [0.2, 0.25) is 0 Å². The fraction of sp³-hybridized carbons (Fsp3) is 0.474. The van der Waals surface area contributed by atoms with E-state index in [1.165, 1.54) is 17.9 Å². The Hall–Kier alpha value is -3.66. The number of amides is 1. The highest BCUT2D eigenvalue weighted by Crippen LogP contribution is 2.59. The summed E-state index contributed by atoms with van der Waals surface area (Å²) in [5.74, 6) is -2.51. The number of carbonyl (C=O) groups is 2. The first-order valence-corrected chi connectivity index (χ1v) is 16.7. The van der Waals surface area contributed by atoms with Crippen molar-refractivity contribution in [1.29, 1.82) is 0 Å². The molecular formula is C38H44F2N2O5. The van der Waals surface area contributed by atoms with E-state index in [1.54, 1.807) is 23.1 Å². The molecule has 250 valence electrons. The molecule has 0 radical (unpaired) electrons.